The van der Waals surface area contributed by atoms with E-state index in [4.69, 9.17) is 0 Å². The third-order valence-corrected chi connectivity index (χ3v) is 1.45. The van der Waals surface area contributed by atoms with Crippen LogP contribution in [-0.4, -0.2) is 5.71 Å². The first-order valence-electron chi connectivity index (χ1n) is 3.95. The van der Waals surface area contributed by atoms with Crippen LogP contribution in [0, 0.1) is 0 Å². The highest BCUT2D eigenvalue weighted by Crippen LogP contribution is 2.06. The van der Waals surface area contributed by atoms with E-state index >= 15 is 0 Å². The van der Waals surface area contributed by atoms with Gasteiger partial charge >= 0.3 is 0 Å². The molecule has 0 aliphatic heterocycles. The van der Waals surface area contributed by atoms with Gasteiger partial charge in [0.2, 0.25) is 0 Å². The van der Waals surface area contributed by atoms with Crippen LogP contribution < -0.4 is 0 Å². The molecule has 12 heavy (non-hydrogen) atoms. The second kappa shape index (κ2) is 3.86. The van der Waals surface area contributed by atoms with Crippen molar-refractivity contribution in [1.82, 2.24) is 0 Å². The Balaban J connectivity index is 2.83. The van der Waals surface area contributed by atoms with Gasteiger partial charge in [0.15, 0.2) is 0 Å². The second-order valence-corrected chi connectivity index (χ2v) is 2.96. The van der Waals surface area contributed by atoms with Gasteiger partial charge in [-0.15, -0.1) is 0 Å². The van der Waals surface area contributed by atoms with Crippen molar-refractivity contribution in [3.8, 4) is 0 Å². The number of hydrogen-bond acceptors (Lipinski definition) is 1. The average molecular weight is 159 g/mol. The third kappa shape index (κ3) is 2.35. The van der Waals surface area contributed by atoms with Gasteiger partial charge in [-0.2, -0.15) is 0 Å². The van der Waals surface area contributed by atoms with Gasteiger partial charge < -0.3 is 0 Å². The summed E-state index contributed by atoms with van der Waals surface area (Å²) >= 11 is 0. The normalized spacial score (nSPS) is 18.5. The van der Waals surface area contributed by atoms with Gasteiger partial charge in [0.25, 0.3) is 0 Å². The summed E-state index contributed by atoms with van der Waals surface area (Å²) in [5, 5.41) is 0. The van der Waals surface area contributed by atoms with Gasteiger partial charge in [-0.3, -0.25) is 4.99 Å². The van der Waals surface area contributed by atoms with E-state index in [1.165, 1.54) is 5.57 Å². The largest absolute Gasteiger partial charge is 0.256 e. The fourth-order valence-electron chi connectivity index (χ4n) is 0.835. The summed E-state index contributed by atoms with van der Waals surface area (Å²) in [5.74, 6) is 0. The quantitative estimate of drug-likeness (QED) is 0.557. The number of nitrogens with zero attached hydrogens (tertiary/aromatic N) is 1. The van der Waals surface area contributed by atoms with Crippen molar-refractivity contribution < 1.29 is 0 Å². The van der Waals surface area contributed by atoms with Gasteiger partial charge in [-0.1, -0.05) is 30.4 Å². The molecule has 1 heteroatoms. The standard InChI is InChI=1S/C11H13N/c1-9(2)8-12-11-7-5-4-6-10(11)3/h4-8H,3H2,1-2H3/b12-11-. The molecule has 0 saturated carbocycles. The van der Waals surface area contributed by atoms with Crippen LogP contribution in [0.5, 0.6) is 0 Å². The van der Waals surface area contributed by atoms with Crippen molar-refractivity contribution in [2.24, 2.45) is 4.99 Å². The lowest BCUT2D eigenvalue weighted by Gasteiger charge is -2.02. The minimum Gasteiger partial charge on any atom is -0.256 e. The molecule has 1 aliphatic carbocycles. The number of aliphatic imine (C=N–C) groups is 1. The van der Waals surface area contributed by atoms with Crippen LogP contribution in [0.4, 0.5) is 0 Å². The lowest BCUT2D eigenvalue weighted by Crippen LogP contribution is -1.97. The number of hydrogen-bond donors (Lipinski definition) is 0. The fourth-order valence-corrected chi connectivity index (χ4v) is 0.835. The molecule has 0 N–H and O–H groups in total. The van der Waals surface area contributed by atoms with Crippen molar-refractivity contribution in [2.75, 3.05) is 0 Å². The molecule has 1 rings (SSSR count). The second-order valence-electron chi connectivity index (χ2n) is 2.96. The minimum atomic E-state index is 0.943. The Bertz CT molecular complexity index is 297. The summed E-state index contributed by atoms with van der Waals surface area (Å²) in [7, 11) is 0. The average Bonchev–Trinajstić information content (AvgIpc) is 2.03. The molecule has 0 bridgehead atoms. The van der Waals surface area contributed by atoms with Crippen LogP contribution >= 0.6 is 0 Å². The maximum atomic E-state index is 4.28. The smallest absolute Gasteiger partial charge is 0.0695 e. The van der Waals surface area contributed by atoms with Gasteiger partial charge in [-0.05, 0) is 25.5 Å². The predicted molar refractivity (Wildman–Crippen MR) is 54.3 cm³/mol. The van der Waals surface area contributed by atoms with Crippen LogP contribution in [-0.2, 0) is 0 Å². The molecule has 0 aromatic carbocycles. The number of allylic oxidation sites excluding steroid dienone is 6. The van der Waals surface area contributed by atoms with E-state index in [9.17, 15) is 0 Å². The molecule has 0 atom stereocenters. The van der Waals surface area contributed by atoms with E-state index in [1.54, 1.807) is 0 Å². The van der Waals surface area contributed by atoms with E-state index in [-0.39, 0.29) is 0 Å². The number of rotatable bonds is 1. The summed E-state index contributed by atoms with van der Waals surface area (Å²) in [5.41, 5.74) is 3.10. The zero-order valence-electron chi connectivity index (χ0n) is 7.54. The lowest BCUT2D eigenvalue weighted by molar-refractivity contribution is 1.33. The predicted octanol–water partition coefficient (Wildman–Crippen LogP) is 3.03. The molecule has 0 unspecified atom stereocenters. The molecule has 0 radical (unpaired) electrons. The minimum absolute atomic E-state index is 0.943. The Morgan fingerprint density at radius 1 is 1.33 bits per heavy atom. The molecule has 0 saturated heterocycles. The zero-order chi connectivity index (χ0) is 8.97. The van der Waals surface area contributed by atoms with E-state index in [0.717, 1.165) is 11.3 Å². The Morgan fingerprint density at radius 3 is 2.58 bits per heavy atom. The first kappa shape index (κ1) is 8.72. The first-order chi connectivity index (χ1) is 5.70. The molecular weight excluding hydrogens is 146 g/mol. The van der Waals surface area contributed by atoms with Crippen molar-refractivity contribution in [3.63, 3.8) is 0 Å². The molecular formula is C11H13N. The van der Waals surface area contributed by atoms with Crippen LogP contribution in [0.2, 0.25) is 0 Å². The SMILES string of the molecule is C=C1C=CC=C/C1=N/C=C(C)C. The van der Waals surface area contributed by atoms with Crippen molar-refractivity contribution in [1.29, 1.82) is 0 Å². The monoisotopic (exact) mass is 159 g/mol. The molecule has 0 aromatic heterocycles. The highest BCUT2D eigenvalue weighted by atomic mass is 14.7. The summed E-state index contributed by atoms with van der Waals surface area (Å²) in [6.45, 7) is 7.92. The summed E-state index contributed by atoms with van der Waals surface area (Å²) in [4.78, 5) is 4.28. The van der Waals surface area contributed by atoms with E-state index < -0.39 is 0 Å². The molecule has 0 spiro atoms. The first-order valence-corrected chi connectivity index (χ1v) is 3.95. The maximum Gasteiger partial charge on any atom is 0.0695 e. The summed E-state index contributed by atoms with van der Waals surface area (Å²) in [6.07, 6.45) is 9.69. The highest BCUT2D eigenvalue weighted by molar-refractivity contribution is 6.11. The molecule has 0 amide bonds. The molecule has 62 valence electrons. The Labute approximate surface area is 73.5 Å². The molecule has 1 aliphatic rings. The zero-order valence-corrected chi connectivity index (χ0v) is 7.54. The Hall–Kier alpha value is -1.37. The van der Waals surface area contributed by atoms with Crippen LogP contribution in [0.25, 0.3) is 0 Å². The molecule has 0 aromatic rings. The van der Waals surface area contributed by atoms with Crippen LogP contribution in [0.1, 0.15) is 13.8 Å². The topological polar surface area (TPSA) is 12.4 Å². The summed E-state index contributed by atoms with van der Waals surface area (Å²) in [6, 6.07) is 0. The van der Waals surface area contributed by atoms with Crippen LogP contribution in [0.15, 0.2) is 53.2 Å². The molecule has 0 fully saturated rings. The fraction of sp³-hybridized carbons (Fsp3) is 0.182. The van der Waals surface area contributed by atoms with E-state index in [0.29, 0.717) is 0 Å². The van der Waals surface area contributed by atoms with E-state index in [2.05, 4.69) is 11.6 Å². The Kier molecular flexibility index (Phi) is 2.81. The van der Waals surface area contributed by atoms with Gasteiger partial charge in [0.05, 0.1) is 5.71 Å². The van der Waals surface area contributed by atoms with Crippen molar-refractivity contribution in [2.45, 2.75) is 13.8 Å². The van der Waals surface area contributed by atoms with Crippen molar-refractivity contribution in [3.05, 3.63) is 48.2 Å². The molecule has 0 heterocycles. The van der Waals surface area contributed by atoms with Gasteiger partial charge in [0, 0.05) is 6.20 Å². The van der Waals surface area contributed by atoms with E-state index in [1.807, 2.05) is 44.4 Å². The highest BCUT2D eigenvalue weighted by Gasteiger charge is 1.98. The maximum absolute atomic E-state index is 4.28. The summed E-state index contributed by atoms with van der Waals surface area (Å²) < 4.78 is 0. The lowest BCUT2D eigenvalue weighted by atomic mass is 10.1. The molecule has 1 nitrogen and oxygen atoms in total. The van der Waals surface area contributed by atoms with Gasteiger partial charge in [-0.25, -0.2) is 0 Å². The van der Waals surface area contributed by atoms with Crippen molar-refractivity contribution >= 4 is 5.71 Å². The Morgan fingerprint density at radius 2 is 2.00 bits per heavy atom. The third-order valence-electron chi connectivity index (χ3n) is 1.45. The van der Waals surface area contributed by atoms with Gasteiger partial charge in [0.1, 0.15) is 0 Å². The van der Waals surface area contributed by atoms with Crippen LogP contribution in [0.3, 0.4) is 0 Å².